The van der Waals surface area contributed by atoms with Gasteiger partial charge in [0.2, 0.25) is 5.91 Å². The number of amides is 1. The van der Waals surface area contributed by atoms with Gasteiger partial charge in [-0.05, 0) is 25.7 Å². The molecule has 4 nitrogen and oxygen atoms in total. The average molecular weight is 265 g/mol. The quantitative estimate of drug-likeness (QED) is 0.790. The highest BCUT2D eigenvalue weighted by atomic mass is 35.5. The lowest BCUT2D eigenvalue weighted by Gasteiger charge is -2.34. The van der Waals surface area contributed by atoms with Gasteiger partial charge < -0.3 is 15.8 Å². The van der Waals surface area contributed by atoms with Gasteiger partial charge >= 0.3 is 0 Å². The first-order chi connectivity index (χ1) is 7.67. The van der Waals surface area contributed by atoms with E-state index in [2.05, 4.69) is 19.2 Å². The molecule has 17 heavy (non-hydrogen) atoms. The van der Waals surface area contributed by atoms with Crippen LogP contribution in [0.1, 0.15) is 39.5 Å². The van der Waals surface area contributed by atoms with Gasteiger partial charge in [0.15, 0.2) is 0 Å². The second kappa shape index (κ2) is 7.90. The molecule has 1 heterocycles. The van der Waals surface area contributed by atoms with E-state index >= 15 is 0 Å². The summed E-state index contributed by atoms with van der Waals surface area (Å²) in [6, 6.07) is 0. The summed E-state index contributed by atoms with van der Waals surface area (Å²) in [6.45, 7) is 6.05. The van der Waals surface area contributed by atoms with Crippen molar-refractivity contribution in [2.24, 2.45) is 11.7 Å². The Hall–Kier alpha value is -0.320. The molecule has 1 aliphatic heterocycles. The van der Waals surface area contributed by atoms with Crippen LogP contribution < -0.4 is 11.1 Å². The minimum atomic E-state index is -0.213. The molecular formula is C12H25ClN2O2. The molecule has 1 fully saturated rings. The Morgan fingerprint density at radius 3 is 2.29 bits per heavy atom. The predicted octanol–water partition coefficient (Wildman–Crippen LogP) is 1.47. The van der Waals surface area contributed by atoms with Gasteiger partial charge in [0.1, 0.15) is 0 Å². The SMILES string of the molecule is CCC(CC)(CN)NC(=O)C1CCOCC1.Cl. The Kier molecular flexibility index (Phi) is 7.75. The fraction of sp³-hybridized carbons (Fsp3) is 0.917. The van der Waals surface area contributed by atoms with E-state index in [4.69, 9.17) is 10.5 Å². The molecule has 102 valence electrons. The topological polar surface area (TPSA) is 64.3 Å². The number of carbonyl (C=O) groups excluding carboxylic acids is 1. The minimum absolute atomic E-state index is 0. The van der Waals surface area contributed by atoms with Gasteiger partial charge in [-0.1, -0.05) is 13.8 Å². The average Bonchev–Trinajstić information content (AvgIpc) is 2.37. The number of carbonyl (C=O) groups is 1. The highest BCUT2D eigenvalue weighted by molar-refractivity contribution is 5.85. The van der Waals surface area contributed by atoms with Crippen LogP contribution in [0.3, 0.4) is 0 Å². The van der Waals surface area contributed by atoms with Crippen molar-refractivity contribution in [3.8, 4) is 0 Å². The van der Waals surface area contributed by atoms with Crippen molar-refractivity contribution >= 4 is 18.3 Å². The monoisotopic (exact) mass is 264 g/mol. The van der Waals surface area contributed by atoms with E-state index in [1.165, 1.54) is 0 Å². The van der Waals surface area contributed by atoms with Crippen LogP contribution in [0.5, 0.6) is 0 Å². The summed E-state index contributed by atoms with van der Waals surface area (Å²) >= 11 is 0. The molecule has 3 N–H and O–H groups in total. The molecule has 0 saturated carbocycles. The molecule has 0 aromatic heterocycles. The second-order valence-corrected chi connectivity index (χ2v) is 4.57. The Morgan fingerprint density at radius 2 is 1.88 bits per heavy atom. The van der Waals surface area contributed by atoms with Crippen LogP contribution in [0.2, 0.25) is 0 Å². The summed E-state index contributed by atoms with van der Waals surface area (Å²) in [4.78, 5) is 12.1. The molecule has 1 rings (SSSR count). The maximum absolute atomic E-state index is 12.1. The smallest absolute Gasteiger partial charge is 0.223 e. The van der Waals surface area contributed by atoms with E-state index in [1.807, 2.05) is 0 Å². The third-order valence-corrected chi connectivity index (χ3v) is 3.72. The fourth-order valence-electron chi connectivity index (χ4n) is 2.09. The molecule has 0 atom stereocenters. The molecule has 1 aliphatic rings. The van der Waals surface area contributed by atoms with Crippen LogP contribution in [0.25, 0.3) is 0 Å². The number of ether oxygens (including phenoxy) is 1. The molecular weight excluding hydrogens is 240 g/mol. The molecule has 0 spiro atoms. The molecule has 0 aromatic carbocycles. The Morgan fingerprint density at radius 1 is 1.35 bits per heavy atom. The molecule has 0 bridgehead atoms. The van der Waals surface area contributed by atoms with Crippen molar-refractivity contribution in [3.05, 3.63) is 0 Å². The molecule has 0 aliphatic carbocycles. The maximum atomic E-state index is 12.1. The highest BCUT2D eigenvalue weighted by Gasteiger charge is 2.30. The van der Waals surface area contributed by atoms with Gasteiger partial charge in [0.05, 0.1) is 5.54 Å². The first-order valence-electron chi connectivity index (χ1n) is 6.27. The van der Waals surface area contributed by atoms with Crippen molar-refractivity contribution in [1.82, 2.24) is 5.32 Å². The summed E-state index contributed by atoms with van der Waals surface area (Å²) < 4.78 is 5.25. The number of halogens is 1. The van der Waals surface area contributed by atoms with E-state index in [0.29, 0.717) is 19.8 Å². The van der Waals surface area contributed by atoms with Gasteiger partial charge in [0, 0.05) is 25.7 Å². The number of rotatable bonds is 5. The van der Waals surface area contributed by atoms with Crippen LogP contribution in [-0.2, 0) is 9.53 Å². The predicted molar refractivity (Wildman–Crippen MR) is 71.3 cm³/mol. The number of hydrogen-bond acceptors (Lipinski definition) is 3. The van der Waals surface area contributed by atoms with Crippen LogP contribution in [0.15, 0.2) is 0 Å². The second-order valence-electron chi connectivity index (χ2n) is 4.57. The summed E-state index contributed by atoms with van der Waals surface area (Å²) in [6.07, 6.45) is 3.43. The van der Waals surface area contributed by atoms with Crippen LogP contribution >= 0.6 is 12.4 Å². The van der Waals surface area contributed by atoms with Gasteiger partial charge in [-0.2, -0.15) is 0 Å². The van der Waals surface area contributed by atoms with E-state index in [9.17, 15) is 4.79 Å². The zero-order chi connectivity index (χ0) is 12.0. The van der Waals surface area contributed by atoms with Crippen molar-refractivity contribution in [3.63, 3.8) is 0 Å². The third-order valence-electron chi connectivity index (χ3n) is 3.72. The van der Waals surface area contributed by atoms with Crippen LogP contribution in [-0.4, -0.2) is 31.2 Å². The third kappa shape index (κ3) is 4.45. The number of nitrogens with one attached hydrogen (secondary N) is 1. The van der Waals surface area contributed by atoms with Gasteiger partial charge in [-0.3, -0.25) is 4.79 Å². The highest BCUT2D eigenvalue weighted by Crippen LogP contribution is 2.19. The first kappa shape index (κ1) is 16.7. The van der Waals surface area contributed by atoms with Crippen molar-refractivity contribution < 1.29 is 9.53 Å². The Labute approximate surface area is 110 Å². The Balaban J connectivity index is 0.00000256. The maximum Gasteiger partial charge on any atom is 0.223 e. The number of hydrogen-bond donors (Lipinski definition) is 2. The lowest BCUT2D eigenvalue weighted by Crippen LogP contribution is -2.54. The molecule has 5 heteroatoms. The molecule has 0 aromatic rings. The van der Waals surface area contributed by atoms with E-state index in [1.54, 1.807) is 0 Å². The van der Waals surface area contributed by atoms with Crippen molar-refractivity contribution in [2.45, 2.75) is 45.1 Å². The van der Waals surface area contributed by atoms with Crippen LogP contribution in [0.4, 0.5) is 0 Å². The van der Waals surface area contributed by atoms with Crippen molar-refractivity contribution in [2.75, 3.05) is 19.8 Å². The van der Waals surface area contributed by atoms with Gasteiger partial charge in [0.25, 0.3) is 0 Å². The Bertz CT molecular complexity index is 218. The zero-order valence-electron chi connectivity index (χ0n) is 10.8. The fourth-order valence-corrected chi connectivity index (χ4v) is 2.09. The summed E-state index contributed by atoms with van der Waals surface area (Å²) in [7, 11) is 0. The summed E-state index contributed by atoms with van der Waals surface area (Å²) in [5.74, 6) is 0.259. The van der Waals surface area contributed by atoms with Gasteiger partial charge in [-0.25, -0.2) is 0 Å². The molecule has 0 radical (unpaired) electrons. The molecule has 1 amide bonds. The van der Waals surface area contributed by atoms with E-state index in [-0.39, 0.29) is 29.8 Å². The van der Waals surface area contributed by atoms with Gasteiger partial charge in [-0.15, -0.1) is 12.4 Å². The lowest BCUT2D eigenvalue weighted by molar-refractivity contribution is -0.129. The first-order valence-corrected chi connectivity index (χ1v) is 6.27. The largest absolute Gasteiger partial charge is 0.381 e. The molecule has 0 unspecified atom stereocenters. The standard InChI is InChI=1S/C12H24N2O2.ClH/c1-3-12(4-2,9-13)14-11(15)10-5-7-16-8-6-10;/h10H,3-9,13H2,1-2H3,(H,14,15);1H. The van der Waals surface area contributed by atoms with Crippen LogP contribution in [0, 0.1) is 5.92 Å². The van der Waals surface area contributed by atoms with Crippen molar-refractivity contribution in [1.29, 1.82) is 0 Å². The summed E-state index contributed by atoms with van der Waals surface area (Å²) in [5.41, 5.74) is 5.55. The normalized spacial score (nSPS) is 17.4. The lowest BCUT2D eigenvalue weighted by atomic mass is 9.90. The van der Waals surface area contributed by atoms with E-state index < -0.39 is 0 Å². The zero-order valence-corrected chi connectivity index (χ0v) is 11.6. The molecule has 1 saturated heterocycles. The van der Waals surface area contributed by atoms with E-state index in [0.717, 1.165) is 25.7 Å². The summed E-state index contributed by atoms with van der Waals surface area (Å²) in [5, 5.41) is 3.13. The number of nitrogens with two attached hydrogens (primary N) is 1. The minimum Gasteiger partial charge on any atom is -0.381 e.